The van der Waals surface area contributed by atoms with Crippen LogP contribution in [0.25, 0.3) is 10.9 Å². The van der Waals surface area contributed by atoms with Gasteiger partial charge in [-0.15, -0.1) is 0 Å². The molecule has 0 aliphatic heterocycles. The number of aryl methyl sites for hydroxylation is 4. The molecule has 1 N–H and O–H groups in total. The first kappa shape index (κ1) is 9.95. The van der Waals surface area contributed by atoms with Crippen LogP contribution in [0.1, 0.15) is 41.6 Å². The molecule has 0 fully saturated rings. The third-order valence-electron chi connectivity index (χ3n) is 3.80. The van der Waals surface area contributed by atoms with Crippen molar-refractivity contribution in [3.8, 4) is 0 Å². The van der Waals surface area contributed by atoms with Crippen molar-refractivity contribution < 1.29 is 0 Å². The van der Waals surface area contributed by atoms with Gasteiger partial charge in [-0.1, -0.05) is 18.1 Å². The Morgan fingerprint density at radius 2 is 1.81 bits per heavy atom. The number of hydrogen-bond acceptors (Lipinski definition) is 0. The smallest absolute Gasteiger partial charge is 0.0488 e. The number of H-pyrrole nitrogens is 1. The Morgan fingerprint density at radius 3 is 2.69 bits per heavy atom. The molecule has 1 aromatic heterocycles. The monoisotopic (exact) mass is 213 g/mol. The quantitative estimate of drug-likeness (QED) is 0.635. The van der Waals surface area contributed by atoms with Crippen molar-refractivity contribution in [1.82, 2.24) is 4.98 Å². The zero-order valence-electron chi connectivity index (χ0n) is 10.2. The van der Waals surface area contributed by atoms with Crippen LogP contribution < -0.4 is 0 Å². The normalized spacial score (nSPS) is 16.1. The highest BCUT2D eigenvalue weighted by molar-refractivity contribution is 5.88. The van der Waals surface area contributed by atoms with E-state index < -0.39 is 0 Å². The van der Waals surface area contributed by atoms with Crippen LogP contribution in [0, 0.1) is 13.8 Å². The van der Waals surface area contributed by atoms with E-state index in [4.69, 9.17) is 0 Å². The number of fused-ring (bicyclic) bond motifs is 3. The van der Waals surface area contributed by atoms with Crippen molar-refractivity contribution in [2.45, 2.75) is 46.0 Å². The Kier molecular flexibility index (Phi) is 2.27. The molecule has 0 unspecified atom stereocenters. The van der Waals surface area contributed by atoms with E-state index in [0.29, 0.717) is 0 Å². The van der Waals surface area contributed by atoms with Crippen LogP contribution in [0.15, 0.2) is 12.1 Å². The van der Waals surface area contributed by atoms with Gasteiger partial charge >= 0.3 is 0 Å². The predicted molar refractivity (Wildman–Crippen MR) is 69.0 cm³/mol. The van der Waals surface area contributed by atoms with E-state index in [1.165, 1.54) is 59.8 Å². The van der Waals surface area contributed by atoms with Crippen LogP contribution in [-0.4, -0.2) is 4.98 Å². The van der Waals surface area contributed by atoms with E-state index in [1.807, 2.05) is 0 Å². The Balaban J connectivity index is 2.29. The first-order valence-electron chi connectivity index (χ1n) is 6.36. The molecular weight excluding hydrogens is 194 g/mol. The highest BCUT2D eigenvalue weighted by Crippen LogP contribution is 2.30. The highest BCUT2D eigenvalue weighted by Gasteiger charge is 2.15. The van der Waals surface area contributed by atoms with Gasteiger partial charge in [-0.25, -0.2) is 0 Å². The van der Waals surface area contributed by atoms with E-state index in [-0.39, 0.29) is 0 Å². The van der Waals surface area contributed by atoms with Gasteiger partial charge in [0.15, 0.2) is 0 Å². The molecule has 2 aromatic rings. The summed E-state index contributed by atoms with van der Waals surface area (Å²) >= 11 is 0. The molecular formula is C15H19N. The average Bonchev–Trinajstić information content (AvgIpc) is 2.46. The first-order valence-corrected chi connectivity index (χ1v) is 6.36. The third-order valence-corrected chi connectivity index (χ3v) is 3.80. The van der Waals surface area contributed by atoms with Crippen LogP contribution in [0.2, 0.25) is 0 Å². The van der Waals surface area contributed by atoms with Crippen molar-refractivity contribution in [3.63, 3.8) is 0 Å². The molecule has 0 saturated heterocycles. The molecule has 1 heteroatoms. The van der Waals surface area contributed by atoms with Crippen LogP contribution in [0.4, 0.5) is 0 Å². The minimum absolute atomic E-state index is 1.24. The Morgan fingerprint density at radius 1 is 1.00 bits per heavy atom. The molecule has 3 rings (SSSR count). The van der Waals surface area contributed by atoms with Gasteiger partial charge in [-0.3, -0.25) is 0 Å². The molecule has 84 valence electrons. The van der Waals surface area contributed by atoms with Crippen LogP contribution in [0.5, 0.6) is 0 Å². The topological polar surface area (TPSA) is 15.8 Å². The van der Waals surface area contributed by atoms with Crippen molar-refractivity contribution in [2.24, 2.45) is 0 Å². The molecule has 1 aliphatic rings. The fourth-order valence-corrected chi connectivity index (χ4v) is 3.04. The summed E-state index contributed by atoms with van der Waals surface area (Å²) in [5.41, 5.74) is 7.25. The lowest BCUT2D eigenvalue weighted by molar-refractivity contribution is 0.708. The van der Waals surface area contributed by atoms with Gasteiger partial charge in [0, 0.05) is 16.6 Å². The average molecular weight is 213 g/mol. The maximum atomic E-state index is 3.65. The lowest BCUT2D eigenvalue weighted by Crippen LogP contribution is -1.86. The summed E-state index contributed by atoms with van der Waals surface area (Å²) in [6, 6.07) is 4.63. The molecule has 0 spiro atoms. The van der Waals surface area contributed by atoms with Crippen LogP contribution in [-0.2, 0) is 12.8 Å². The van der Waals surface area contributed by atoms with E-state index >= 15 is 0 Å². The van der Waals surface area contributed by atoms with Gasteiger partial charge in [0.2, 0.25) is 0 Å². The van der Waals surface area contributed by atoms with Gasteiger partial charge in [0.05, 0.1) is 0 Å². The minimum atomic E-state index is 1.24. The Hall–Kier alpha value is -1.24. The number of aromatic nitrogens is 1. The molecule has 1 aromatic carbocycles. The summed E-state index contributed by atoms with van der Waals surface area (Å²) in [5.74, 6) is 0. The minimum Gasteiger partial charge on any atom is -0.358 e. The molecule has 16 heavy (non-hydrogen) atoms. The summed E-state index contributed by atoms with van der Waals surface area (Å²) in [5, 5.41) is 1.48. The molecule has 1 aliphatic carbocycles. The second kappa shape index (κ2) is 3.65. The van der Waals surface area contributed by atoms with Crippen LogP contribution >= 0.6 is 0 Å². The summed E-state index contributed by atoms with van der Waals surface area (Å²) < 4.78 is 0. The van der Waals surface area contributed by atoms with Gasteiger partial charge in [-0.05, 0) is 56.7 Å². The molecule has 1 heterocycles. The molecule has 0 bridgehead atoms. The first-order chi connectivity index (χ1) is 7.75. The molecule has 0 saturated carbocycles. The Labute approximate surface area is 96.9 Å². The van der Waals surface area contributed by atoms with E-state index in [2.05, 4.69) is 31.0 Å². The van der Waals surface area contributed by atoms with Crippen molar-refractivity contribution in [3.05, 3.63) is 34.5 Å². The molecule has 0 atom stereocenters. The molecule has 0 amide bonds. The van der Waals surface area contributed by atoms with Gasteiger partial charge in [0.25, 0.3) is 0 Å². The zero-order chi connectivity index (χ0) is 11.1. The van der Waals surface area contributed by atoms with E-state index in [1.54, 1.807) is 5.56 Å². The second-order valence-electron chi connectivity index (χ2n) is 5.15. The number of aromatic amines is 1. The number of rotatable bonds is 0. The van der Waals surface area contributed by atoms with Crippen molar-refractivity contribution >= 4 is 10.9 Å². The largest absolute Gasteiger partial charge is 0.358 e. The van der Waals surface area contributed by atoms with Gasteiger partial charge < -0.3 is 4.98 Å². The summed E-state index contributed by atoms with van der Waals surface area (Å²) in [6.45, 7) is 4.41. The van der Waals surface area contributed by atoms with E-state index in [0.717, 1.165) is 0 Å². The van der Waals surface area contributed by atoms with Crippen molar-refractivity contribution in [1.29, 1.82) is 0 Å². The lowest BCUT2D eigenvalue weighted by Gasteiger charge is -2.01. The lowest BCUT2D eigenvalue weighted by atomic mass is 10.0. The number of hydrogen-bond donors (Lipinski definition) is 1. The molecule has 0 radical (unpaired) electrons. The SMILES string of the molecule is Cc1cc(C)c2[nH]c3c(c2c1)CCCCC3. The van der Waals surface area contributed by atoms with Gasteiger partial charge in [0.1, 0.15) is 0 Å². The predicted octanol–water partition coefficient (Wildman–Crippen LogP) is 4.05. The van der Waals surface area contributed by atoms with E-state index in [9.17, 15) is 0 Å². The van der Waals surface area contributed by atoms with Crippen LogP contribution in [0.3, 0.4) is 0 Å². The fourth-order valence-electron chi connectivity index (χ4n) is 3.04. The number of benzene rings is 1. The Bertz CT molecular complexity index is 534. The second-order valence-corrected chi connectivity index (χ2v) is 5.15. The maximum Gasteiger partial charge on any atom is 0.0488 e. The molecule has 1 nitrogen and oxygen atoms in total. The summed E-state index contributed by atoms with van der Waals surface area (Å²) in [7, 11) is 0. The van der Waals surface area contributed by atoms with Gasteiger partial charge in [-0.2, -0.15) is 0 Å². The zero-order valence-corrected chi connectivity index (χ0v) is 10.2. The summed E-state index contributed by atoms with van der Waals surface area (Å²) in [4.78, 5) is 3.65. The summed E-state index contributed by atoms with van der Waals surface area (Å²) in [6.07, 6.45) is 6.58. The van der Waals surface area contributed by atoms with Crippen molar-refractivity contribution in [2.75, 3.05) is 0 Å². The number of nitrogens with one attached hydrogen (secondary N) is 1. The highest BCUT2D eigenvalue weighted by atomic mass is 14.7. The third kappa shape index (κ3) is 1.46. The fraction of sp³-hybridized carbons (Fsp3) is 0.467. The maximum absolute atomic E-state index is 3.65. The standard InChI is InChI=1S/C15H19N/c1-10-8-11(2)15-13(9-10)12-6-4-3-5-7-14(12)16-15/h8-9,16H,3-7H2,1-2H3.